The van der Waals surface area contributed by atoms with Crippen LogP contribution in [-0.2, 0) is 0 Å². The maximum atomic E-state index is 11.0. The quantitative estimate of drug-likeness (QED) is 0.640. The van der Waals surface area contributed by atoms with E-state index >= 15 is 0 Å². The predicted octanol–water partition coefficient (Wildman–Crippen LogP) is 3.26. The molecule has 4 N–H and O–H groups in total. The molecule has 0 spiro atoms. The van der Waals surface area contributed by atoms with Crippen LogP contribution in [0.4, 0.5) is 17.1 Å². The lowest BCUT2D eigenvalue weighted by Gasteiger charge is -2.11. The summed E-state index contributed by atoms with van der Waals surface area (Å²) in [6, 6.07) is 12.6. The summed E-state index contributed by atoms with van der Waals surface area (Å²) in [7, 11) is 0. The molecule has 0 unspecified atom stereocenters. The second-order valence-electron chi connectivity index (χ2n) is 4.63. The number of carbonyl (C=O) groups is 1. The Morgan fingerprint density at radius 1 is 1.19 bits per heavy atom. The van der Waals surface area contributed by atoms with Gasteiger partial charge in [-0.2, -0.15) is 0 Å². The number of fused-ring (bicyclic) bond motifs is 1. The Morgan fingerprint density at radius 2 is 2.05 bits per heavy atom. The SMILES string of the molecule is Nc1cc(Nc2cccc3ccncc23)ccc1C(=O)O. The van der Waals surface area contributed by atoms with Crippen molar-refractivity contribution in [3.05, 3.63) is 60.4 Å². The third kappa shape index (κ3) is 2.49. The van der Waals surface area contributed by atoms with Gasteiger partial charge < -0.3 is 16.2 Å². The van der Waals surface area contributed by atoms with Crippen LogP contribution in [0.5, 0.6) is 0 Å². The molecule has 0 amide bonds. The number of aromatic carboxylic acids is 1. The molecule has 0 fully saturated rings. The molecule has 1 aromatic heterocycles. The van der Waals surface area contributed by atoms with Crippen LogP contribution in [0.1, 0.15) is 10.4 Å². The summed E-state index contributed by atoms with van der Waals surface area (Å²) < 4.78 is 0. The number of nitrogen functional groups attached to an aromatic ring is 1. The smallest absolute Gasteiger partial charge is 0.337 e. The first kappa shape index (κ1) is 12.9. The second kappa shape index (κ2) is 5.13. The summed E-state index contributed by atoms with van der Waals surface area (Å²) in [5, 5.41) is 14.3. The van der Waals surface area contributed by atoms with Crippen molar-refractivity contribution in [1.82, 2.24) is 4.98 Å². The highest BCUT2D eigenvalue weighted by molar-refractivity contribution is 5.97. The van der Waals surface area contributed by atoms with Gasteiger partial charge in [-0.15, -0.1) is 0 Å². The van der Waals surface area contributed by atoms with Crippen LogP contribution in [0.25, 0.3) is 10.8 Å². The molecule has 3 aromatic rings. The van der Waals surface area contributed by atoms with E-state index in [0.717, 1.165) is 22.1 Å². The Bertz CT molecular complexity index is 825. The largest absolute Gasteiger partial charge is 0.478 e. The van der Waals surface area contributed by atoms with E-state index in [0.29, 0.717) is 0 Å². The summed E-state index contributed by atoms with van der Waals surface area (Å²) in [4.78, 5) is 15.1. The lowest BCUT2D eigenvalue weighted by atomic mass is 10.1. The van der Waals surface area contributed by atoms with E-state index in [4.69, 9.17) is 10.8 Å². The lowest BCUT2D eigenvalue weighted by molar-refractivity contribution is 0.0698. The number of carboxylic acids is 1. The van der Waals surface area contributed by atoms with Gasteiger partial charge in [-0.1, -0.05) is 12.1 Å². The molecule has 1 heterocycles. The van der Waals surface area contributed by atoms with Crippen molar-refractivity contribution in [2.75, 3.05) is 11.1 Å². The Kier molecular flexibility index (Phi) is 3.16. The van der Waals surface area contributed by atoms with Gasteiger partial charge in [-0.3, -0.25) is 4.98 Å². The van der Waals surface area contributed by atoms with Crippen molar-refractivity contribution >= 4 is 33.8 Å². The van der Waals surface area contributed by atoms with Gasteiger partial charge >= 0.3 is 5.97 Å². The minimum Gasteiger partial charge on any atom is -0.478 e. The van der Waals surface area contributed by atoms with Crippen molar-refractivity contribution in [3.8, 4) is 0 Å². The second-order valence-corrected chi connectivity index (χ2v) is 4.63. The molecule has 0 saturated heterocycles. The standard InChI is InChI=1S/C16H13N3O2/c17-14-8-11(4-5-12(14)16(20)21)19-15-3-1-2-10-6-7-18-9-13(10)15/h1-9,19H,17H2,(H,20,21). The first-order chi connectivity index (χ1) is 10.1. The zero-order chi connectivity index (χ0) is 14.8. The minimum absolute atomic E-state index is 0.0973. The highest BCUT2D eigenvalue weighted by Gasteiger charge is 2.08. The normalized spacial score (nSPS) is 10.5. The van der Waals surface area contributed by atoms with Gasteiger partial charge in [0.25, 0.3) is 0 Å². The van der Waals surface area contributed by atoms with E-state index in [1.165, 1.54) is 6.07 Å². The molecular weight excluding hydrogens is 266 g/mol. The highest BCUT2D eigenvalue weighted by atomic mass is 16.4. The van der Waals surface area contributed by atoms with Crippen LogP contribution in [-0.4, -0.2) is 16.1 Å². The molecule has 3 rings (SSSR count). The van der Waals surface area contributed by atoms with E-state index < -0.39 is 5.97 Å². The van der Waals surface area contributed by atoms with Gasteiger partial charge in [0, 0.05) is 34.8 Å². The van der Waals surface area contributed by atoms with Crippen LogP contribution < -0.4 is 11.1 Å². The first-order valence-corrected chi connectivity index (χ1v) is 6.38. The van der Waals surface area contributed by atoms with Gasteiger partial charge in [0.05, 0.1) is 5.56 Å². The van der Waals surface area contributed by atoms with Crippen LogP contribution in [0, 0.1) is 0 Å². The molecular formula is C16H13N3O2. The Balaban J connectivity index is 1.99. The summed E-state index contributed by atoms with van der Waals surface area (Å²) in [5.41, 5.74) is 7.70. The number of nitrogens with one attached hydrogen (secondary N) is 1. The molecule has 0 aliphatic carbocycles. The average Bonchev–Trinajstić information content (AvgIpc) is 2.47. The highest BCUT2D eigenvalue weighted by Crippen LogP contribution is 2.27. The van der Waals surface area contributed by atoms with Gasteiger partial charge in [-0.25, -0.2) is 4.79 Å². The van der Waals surface area contributed by atoms with Crippen molar-refractivity contribution in [2.24, 2.45) is 0 Å². The third-order valence-electron chi connectivity index (χ3n) is 3.24. The zero-order valence-corrected chi connectivity index (χ0v) is 11.1. The molecule has 0 aliphatic rings. The number of rotatable bonds is 3. The zero-order valence-electron chi connectivity index (χ0n) is 11.1. The lowest BCUT2D eigenvalue weighted by Crippen LogP contribution is -2.03. The van der Waals surface area contributed by atoms with Crippen LogP contribution >= 0.6 is 0 Å². The third-order valence-corrected chi connectivity index (χ3v) is 3.24. The van der Waals surface area contributed by atoms with E-state index in [1.807, 2.05) is 24.3 Å². The average molecular weight is 279 g/mol. The number of hydrogen-bond acceptors (Lipinski definition) is 4. The number of benzene rings is 2. The van der Waals surface area contributed by atoms with Crippen molar-refractivity contribution in [1.29, 1.82) is 0 Å². The number of nitrogens with two attached hydrogens (primary N) is 1. The van der Waals surface area contributed by atoms with Crippen LogP contribution in [0.3, 0.4) is 0 Å². The molecule has 0 atom stereocenters. The van der Waals surface area contributed by atoms with E-state index in [9.17, 15) is 4.79 Å². The number of nitrogens with zero attached hydrogens (tertiary/aromatic N) is 1. The summed E-state index contributed by atoms with van der Waals surface area (Å²) in [6.45, 7) is 0. The first-order valence-electron chi connectivity index (χ1n) is 6.38. The maximum Gasteiger partial charge on any atom is 0.337 e. The van der Waals surface area contributed by atoms with Crippen molar-refractivity contribution in [2.45, 2.75) is 0 Å². The fourth-order valence-corrected chi connectivity index (χ4v) is 2.21. The number of aromatic nitrogens is 1. The minimum atomic E-state index is -1.03. The number of pyridine rings is 1. The molecule has 0 radical (unpaired) electrons. The van der Waals surface area contributed by atoms with Crippen LogP contribution in [0.2, 0.25) is 0 Å². The fraction of sp³-hybridized carbons (Fsp3) is 0. The molecule has 2 aromatic carbocycles. The molecule has 0 aliphatic heterocycles. The molecule has 0 saturated carbocycles. The summed E-state index contributed by atoms with van der Waals surface area (Å²) >= 11 is 0. The van der Waals surface area contributed by atoms with Gasteiger partial charge in [0.2, 0.25) is 0 Å². The van der Waals surface area contributed by atoms with Crippen LogP contribution in [0.15, 0.2) is 54.9 Å². The van der Waals surface area contributed by atoms with E-state index in [2.05, 4.69) is 10.3 Å². The monoisotopic (exact) mass is 279 g/mol. The topological polar surface area (TPSA) is 88.2 Å². The van der Waals surface area contributed by atoms with Crippen molar-refractivity contribution in [3.63, 3.8) is 0 Å². The predicted molar refractivity (Wildman–Crippen MR) is 82.8 cm³/mol. The number of hydrogen-bond donors (Lipinski definition) is 3. The Labute approximate surface area is 121 Å². The Morgan fingerprint density at radius 3 is 2.81 bits per heavy atom. The van der Waals surface area contributed by atoms with E-state index in [-0.39, 0.29) is 11.3 Å². The molecule has 5 heteroatoms. The Hall–Kier alpha value is -3.08. The number of carboxylic acid groups (broad SMARTS) is 1. The van der Waals surface area contributed by atoms with Crippen molar-refractivity contribution < 1.29 is 9.90 Å². The summed E-state index contributed by atoms with van der Waals surface area (Å²) in [6.07, 6.45) is 3.53. The maximum absolute atomic E-state index is 11.0. The molecule has 21 heavy (non-hydrogen) atoms. The summed E-state index contributed by atoms with van der Waals surface area (Å²) in [5.74, 6) is -1.03. The molecule has 5 nitrogen and oxygen atoms in total. The number of anilines is 3. The van der Waals surface area contributed by atoms with Gasteiger partial charge in [0.1, 0.15) is 0 Å². The fourth-order valence-electron chi connectivity index (χ4n) is 2.21. The van der Waals surface area contributed by atoms with E-state index in [1.54, 1.807) is 24.5 Å². The van der Waals surface area contributed by atoms with Gasteiger partial charge in [0.15, 0.2) is 0 Å². The molecule has 0 bridgehead atoms. The van der Waals surface area contributed by atoms with Gasteiger partial charge in [-0.05, 0) is 35.7 Å². The molecule has 104 valence electrons.